The van der Waals surface area contributed by atoms with E-state index >= 15 is 0 Å². The number of carboxylic acids is 1. The van der Waals surface area contributed by atoms with Crippen LogP contribution in [-0.4, -0.2) is 40.3 Å². The molecule has 25 heavy (non-hydrogen) atoms. The number of benzene rings is 1. The van der Waals surface area contributed by atoms with Crippen molar-refractivity contribution in [2.45, 2.75) is 50.0 Å². The van der Waals surface area contributed by atoms with E-state index in [9.17, 15) is 27.9 Å². The van der Waals surface area contributed by atoms with Crippen molar-refractivity contribution in [2.24, 2.45) is 0 Å². The normalized spacial score (nSPS) is 23.0. The quantitative estimate of drug-likeness (QED) is 0.882. The summed E-state index contributed by atoms with van der Waals surface area (Å²) >= 11 is 0. The number of hydrogen-bond donors (Lipinski definition) is 1. The molecule has 1 aliphatic heterocycles. The molecule has 1 spiro atoms. The van der Waals surface area contributed by atoms with Gasteiger partial charge in [-0.1, -0.05) is 18.6 Å². The van der Waals surface area contributed by atoms with Crippen molar-refractivity contribution in [1.29, 1.82) is 0 Å². The molecule has 1 aromatic rings. The Morgan fingerprint density at radius 2 is 1.80 bits per heavy atom. The number of halogens is 3. The summed E-state index contributed by atoms with van der Waals surface area (Å²) in [6, 6.07) is 3.16. The number of nitrogens with zero attached hydrogens (tertiary/aromatic N) is 1. The van der Waals surface area contributed by atoms with Gasteiger partial charge in [-0.25, -0.2) is 4.79 Å². The Kier molecular flexibility index (Phi) is 4.49. The zero-order valence-corrected chi connectivity index (χ0v) is 13.4. The van der Waals surface area contributed by atoms with E-state index in [0.29, 0.717) is 12.8 Å². The minimum Gasteiger partial charge on any atom is -0.480 e. The van der Waals surface area contributed by atoms with E-state index in [1.165, 1.54) is 12.1 Å². The topological polar surface area (TPSA) is 66.8 Å². The number of ether oxygens (including phenoxy) is 1. The standard InChI is InChI=1S/C17H18F3NO4/c18-17(19,20)12-7-3-2-6-11(12)14(22)21-13(15(23)24)10-25-16(21)8-4-1-5-9-16/h2-3,6-7,13H,1,4-5,8-10H2,(H,23,24)/t13-/m0/s1. The third kappa shape index (κ3) is 3.10. The highest BCUT2D eigenvalue weighted by Crippen LogP contribution is 2.42. The van der Waals surface area contributed by atoms with Gasteiger partial charge in [0.15, 0.2) is 6.04 Å². The summed E-state index contributed by atoms with van der Waals surface area (Å²) in [6.07, 6.45) is -1.46. The van der Waals surface area contributed by atoms with Gasteiger partial charge in [0.05, 0.1) is 17.7 Å². The van der Waals surface area contributed by atoms with Crippen LogP contribution in [0.25, 0.3) is 0 Å². The molecule has 1 amide bonds. The average Bonchev–Trinajstić information content (AvgIpc) is 2.93. The zero-order valence-electron chi connectivity index (χ0n) is 13.4. The molecule has 1 heterocycles. The van der Waals surface area contributed by atoms with Crippen LogP contribution in [0, 0.1) is 0 Å². The van der Waals surface area contributed by atoms with Crippen molar-refractivity contribution in [3.8, 4) is 0 Å². The summed E-state index contributed by atoms with van der Waals surface area (Å²) in [4.78, 5) is 25.6. The van der Waals surface area contributed by atoms with Crippen molar-refractivity contribution in [3.63, 3.8) is 0 Å². The summed E-state index contributed by atoms with van der Waals surface area (Å²) in [5.41, 5.74) is -2.74. The molecule has 8 heteroatoms. The molecule has 1 saturated heterocycles. The number of amides is 1. The molecule has 0 unspecified atom stereocenters. The molecule has 5 nitrogen and oxygen atoms in total. The maximum absolute atomic E-state index is 13.3. The molecule has 1 aliphatic carbocycles. The molecule has 1 N–H and O–H groups in total. The lowest BCUT2D eigenvalue weighted by Crippen LogP contribution is -2.54. The minimum absolute atomic E-state index is 0.213. The molecule has 136 valence electrons. The molecule has 0 radical (unpaired) electrons. The van der Waals surface area contributed by atoms with Crippen LogP contribution in [0.4, 0.5) is 13.2 Å². The Morgan fingerprint density at radius 3 is 2.40 bits per heavy atom. The summed E-state index contributed by atoms with van der Waals surface area (Å²) in [5, 5.41) is 9.43. The second-order valence-electron chi connectivity index (χ2n) is 6.39. The summed E-state index contributed by atoms with van der Waals surface area (Å²) < 4.78 is 45.5. The first-order chi connectivity index (χ1) is 11.8. The van der Waals surface area contributed by atoms with Gasteiger partial charge in [0.2, 0.25) is 0 Å². The fourth-order valence-electron chi connectivity index (χ4n) is 3.71. The number of carboxylic acid groups (broad SMARTS) is 1. The first-order valence-corrected chi connectivity index (χ1v) is 8.13. The van der Waals surface area contributed by atoms with Gasteiger partial charge >= 0.3 is 12.1 Å². The van der Waals surface area contributed by atoms with Crippen molar-refractivity contribution in [3.05, 3.63) is 35.4 Å². The average molecular weight is 357 g/mol. The van der Waals surface area contributed by atoms with Crippen LogP contribution in [0.15, 0.2) is 24.3 Å². The van der Waals surface area contributed by atoms with Crippen molar-refractivity contribution in [2.75, 3.05) is 6.61 Å². The van der Waals surface area contributed by atoms with E-state index in [4.69, 9.17) is 4.74 Å². The largest absolute Gasteiger partial charge is 0.480 e. The number of hydrogen-bond acceptors (Lipinski definition) is 3. The lowest BCUT2D eigenvalue weighted by molar-refractivity contribution is -0.143. The molecule has 2 aliphatic rings. The predicted molar refractivity (Wildman–Crippen MR) is 80.8 cm³/mol. The van der Waals surface area contributed by atoms with E-state index in [1.54, 1.807) is 0 Å². The second kappa shape index (κ2) is 6.33. The number of carbonyl (C=O) groups is 2. The Bertz CT molecular complexity index is 683. The Morgan fingerprint density at radius 1 is 1.16 bits per heavy atom. The third-order valence-corrected chi connectivity index (χ3v) is 4.86. The maximum Gasteiger partial charge on any atom is 0.417 e. The van der Waals surface area contributed by atoms with Crippen LogP contribution in [0.3, 0.4) is 0 Å². The summed E-state index contributed by atoms with van der Waals surface area (Å²) in [6.45, 7) is -0.213. The van der Waals surface area contributed by atoms with E-state index in [0.717, 1.165) is 36.3 Å². The zero-order chi connectivity index (χ0) is 18.2. The summed E-state index contributed by atoms with van der Waals surface area (Å²) in [5.74, 6) is -2.22. The van der Waals surface area contributed by atoms with Gasteiger partial charge in [0, 0.05) is 0 Å². The lowest BCUT2D eigenvalue weighted by atomic mass is 9.89. The first kappa shape index (κ1) is 17.7. The van der Waals surface area contributed by atoms with Crippen molar-refractivity contribution < 1.29 is 32.6 Å². The molecule has 0 bridgehead atoms. The van der Waals surface area contributed by atoms with Crippen molar-refractivity contribution in [1.82, 2.24) is 4.90 Å². The fraction of sp³-hybridized carbons (Fsp3) is 0.529. The summed E-state index contributed by atoms with van der Waals surface area (Å²) in [7, 11) is 0. The molecule has 0 aromatic heterocycles. The highest BCUT2D eigenvalue weighted by Gasteiger charge is 2.54. The fourth-order valence-corrected chi connectivity index (χ4v) is 3.71. The van der Waals surface area contributed by atoms with Gasteiger partial charge in [0.25, 0.3) is 5.91 Å². The van der Waals surface area contributed by atoms with Gasteiger partial charge in [-0.2, -0.15) is 13.2 Å². The van der Waals surface area contributed by atoms with Gasteiger partial charge in [-0.15, -0.1) is 0 Å². The molecule has 2 fully saturated rings. The van der Waals surface area contributed by atoms with Crippen LogP contribution < -0.4 is 0 Å². The van der Waals surface area contributed by atoms with E-state index in [-0.39, 0.29) is 6.61 Å². The van der Waals surface area contributed by atoms with E-state index < -0.39 is 40.9 Å². The van der Waals surface area contributed by atoms with Gasteiger partial charge in [0.1, 0.15) is 5.72 Å². The number of alkyl halides is 3. The number of rotatable bonds is 2. The molecular formula is C17H18F3NO4. The van der Waals surface area contributed by atoms with E-state index in [1.807, 2.05) is 0 Å². The Balaban J connectivity index is 2.05. The molecule has 3 rings (SSSR count). The maximum atomic E-state index is 13.3. The van der Waals surface area contributed by atoms with Crippen LogP contribution in [0.5, 0.6) is 0 Å². The van der Waals surface area contributed by atoms with Gasteiger partial charge in [-0.3, -0.25) is 9.69 Å². The van der Waals surface area contributed by atoms with Crippen LogP contribution in [-0.2, 0) is 15.7 Å². The predicted octanol–water partition coefficient (Wildman–Crippen LogP) is 3.29. The lowest BCUT2D eigenvalue weighted by Gasteiger charge is -2.41. The van der Waals surface area contributed by atoms with Crippen LogP contribution in [0.1, 0.15) is 48.0 Å². The Labute approximate surface area is 142 Å². The molecule has 1 aromatic carbocycles. The SMILES string of the molecule is O=C(O)[C@@H]1COC2(CCCCC2)N1C(=O)c1ccccc1C(F)(F)F. The van der Waals surface area contributed by atoms with Crippen LogP contribution in [0.2, 0.25) is 0 Å². The number of carbonyl (C=O) groups excluding carboxylic acids is 1. The smallest absolute Gasteiger partial charge is 0.417 e. The highest BCUT2D eigenvalue weighted by atomic mass is 19.4. The monoisotopic (exact) mass is 357 g/mol. The van der Waals surface area contributed by atoms with Gasteiger partial charge in [-0.05, 0) is 37.8 Å². The van der Waals surface area contributed by atoms with Crippen LogP contribution >= 0.6 is 0 Å². The van der Waals surface area contributed by atoms with E-state index in [2.05, 4.69) is 0 Å². The second-order valence-corrected chi connectivity index (χ2v) is 6.39. The molecule has 1 atom stereocenters. The minimum atomic E-state index is -4.70. The highest BCUT2D eigenvalue weighted by molar-refractivity contribution is 5.98. The third-order valence-electron chi connectivity index (χ3n) is 4.86. The molecular weight excluding hydrogens is 339 g/mol. The molecule has 1 saturated carbocycles. The first-order valence-electron chi connectivity index (χ1n) is 8.13. The Hall–Kier alpha value is -2.09. The van der Waals surface area contributed by atoms with Gasteiger partial charge < -0.3 is 9.84 Å². The number of aliphatic carboxylic acids is 1. The van der Waals surface area contributed by atoms with Crippen molar-refractivity contribution >= 4 is 11.9 Å².